The fraction of sp³-hybridized carbons (Fsp3) is 0.818. The van der Waals surface area contributed by atoms with Gasteiger partial charge in [0, 0.05) is 6.42 Å². The Hall–Kier alpha value is -0.860. The van der Waals surface area contributed by atoms with E-state index in [-0.39, 0.29) is 6.42 Å². The first-order valence-electron chi connectivity index (χ1n) is 4.98. The van der Waals surface area contributed by atoms with Gasteiger partial charge in [-0.3, -0.25) is 4.79 Å². The van der Waals surface area contributed by atoms with Crippen LogP contribution in [-0.2, 0) is 14.3 Å². The zero-order chi connectivity index (χ0) is 11.4. The van der Waals surface area contributed by atoms with Gasteiger partial charge in [0.25, 0.3) is 0 Å². The zero-order valence-electron chi connectivity index (χ0n) is 9.72. The molecule has 0 N–H and O–H groups in total. The van der Waals surface area contributed by atoms with Crippen molar-refractivity contribution in [3.05, 3.63) is 0 Å². The quantitative estimate of drug-likeness (QED) is 0.516. The molecule has 0 aromatic carbocycles. The number of carbonyl (C=O) groups is 2. The highest BCUT2D eigenvalue weighted by molar-refractivity contribution is 6.33. The lowest BCUT2D eigenvalue weighted by Gasteiger charge is -2.18. The Bertz CT molecular complexity index is 211. The molecule has 0 spiro atoms. The number of ketones is 1. The first-order chi connectivity index (χ1) is 6.22. The molecule has 3 heteroatoms. The van der Waals surface area contributed by atoms with Gasteiger partial charge >= 0.3 is 5.97 Å². The highest BCUT2D eigenvalue weighted by atomic mass is 16.6. The molecule has 0 fully saturated rings. The van der Waals surface area contributed by atoms with Gasteiger partial charge in [-0.2, -0.15) is 0 Å². The lowest BCUT2D eigenvalue weighted by atomic mass is 10.1. The molecule has 0 aromatic rings. The van der Waals surface area contributed by atoms with Crippen LogP contribution in [0.15, 0.2) is 0 Å². The summed E-state index contributed by atoms with van der Waals surface area (Å²) in [6, 6.07) is 0. The molecule has 0 radical (unpaired) electrons. The number of hydrogen-bond donors (Lipinski definition) is 0. The summed E-state index contributed by atoms with van der Waals surface area (Å²) in [6.45, 7) is 9.28. The maximum atomic E-state index is 11.3. The summed E-state index contributed by atoms with van der Waals surface area (Å²) in [5.41, 5.74) is -0.579. The van der Waals surface area contributed by atoms with Crippen molar-refractivity contribution in [2.75, 3.05) is 0 Å². The summed E-state index contributed by atoms with van der Waals surface area (Å²) < 4.78 is 4.94. The molecule has 82 valence electrons. The Kier molecular flexibility index (Phi) is 4.81. The maximum Gasteiger partial charge on any atom is 0.375 e. The van der Waals surface area contributed by atoms with E-state index in [0.717, 1.165) is 6.42 Å². The molecule has 0 bridgehead atoms. The second kappa shape index (κ2) is 5.13. The number of rotatable bonds is 4. The summed E-state index contributed by atoms with van der Waals surface area (Å²) in [5.74, 6) is -0.701. The Labute approximate surface area is 85.8 Å². The Balaban J connectivity index is 3.95. The molecule has 0 saturated heterocycles. The zero-order valence-corrected chi connectivity index (χ0v) is 9.72. The van der Waals surface area contributed by atoms with Crippen molar-refractivity contribution >= 4 is 11.8 Å². The lowest BCUT2D eigenvalue weighted by molar-refractivity contribution is -0.162. The SMILES string of the molecule is CC(C)CCC(=O)C(=O)OC(C)(C)C. The Morgan fingerprint density at radius 2 is 1.71 bits per heavy atom. The van der Waals surface area contributed by atoms with Gasteiger partial charge in [0.1, 0.15) is 5.60 Å². The fourth-order valence-electron chi connectivity index (χ4n) is 0.857. The Morgan fingerprint density at radius 1 is 1.21 bits per heavy atom. The number of hydrogen-bond acceptors (Lipinski definition) is 3. The van der Waals surface area contributed by atoms with Gasteiger partial charge < -0.3 is 4.74 Å². The lowest BCUT2D eigenvalue weighted by Crippen LogP contribution is -2.28. The van der Waals surface area contributed by atoms with Gasteiger partial charge in [-0.15, -0.1) is 0 Å². The molecule has 0 aromatic heterocycles. The normalized spacial score (nSPS) is 11.6. The number of carbonyl (C=O) groups excluding carboxylic acids is 2. The smallest absolute Gasteiger partial charge is 0.375 e. The van der Waals surface area contributed by atoms with Crippen LogP contribution < -0.4 is 0 Å². The number of esters is 1. The van der Waals surface area contributed by atoms with E-state index in [1.54, 1.807) is 20.8 Å². The molecule has 3 nitrogen and oxygen atoms in total. The van der Waals surface area contributed by atoms with E-state index >= 15 is 0 Å². The van der Waals surface area contributed by atoms with E-state index in [1.807, 2.05) is 13.8 Å². The van der Waals surface area contributed by atoms with Gasteiger partial charge in [0.2, 0.25) is 5.78 Å². The minimum absolute atomic E-state index is 0.284. The molecule has 0 aliphatic rings. The minimum Gasteiger partial charge on any atom is -0.454 e. The van der Waals surface area contributed by atoms with Crippen molar-refractivity contribution in [1.82, 2.24) is 0 Å². The van der Waals surface area contributed by atoms with Crippen LogP contribution in [0.4, 0.5) is 0 Å². The van der Waals surface area contributed by atoms with Gasteiger partial charge in [-0.1, -0.05) is 13.8 Å². The highest BCUT2D eigenvalue weighted by Crippen LogP contribution is 2.10. The van der Waals surface area contributed by atoms with E-state index in [4.69, 9.17) is 4.74 Å². The summed E-state index contributed by atoms with van der Waals surface area (Å²) >= 11 is 0. The van der Waals surface area contributed by atoms with E-state index in [0.29, 0.717) is 5.92 Å². The predicted octanol–water partition coefficient (Wildman–Crippen LogP) is 2.33. The van der Waals surface area contributed by atoms with Crippen LogP contribution in [0, 0.1) is 5.92 Å². The molecule has 0 aliphatic heterocycles. The monoisotopic (exact) mass is 200 g/mol. The van der Waals surface area contributed by atoms with E-state index in [9.17, 15) is 9.59 Å². The molecule has 0 rings (SSSR count). The van der Waals surface area contributed by atoms with E-state index in [2.05, 4.69) is 0 Å². The van der Waals surface area contributed by atoms with Crippen molar-refractivity contribution in [3.8, 4) is 0 Å². The van der Waals surface area contributed by atoms with Crippen LogP contribution in [-0.4, -0.2) is 17.4 Å². The molecule has 0 aliphatic carbocycles. The van der Waals surface area contributed by atoms with Crippen molar-refractivity contribution in [1.29, 1.82) is 0 Å². The van der Waals surface area contributed by atoms with Crippen molar-refractivity contribution in [3.63, 3.8) is 0 Å². The molecule has 14 heavy (non-hydrogen) atoms. The summed E-state index contributed by atoms with van der Waals surface area (Å²) in [4.78, 5) is 22.5. The third-order valence-corrected chi connectivity index (χ3v) is 1.58. The molecule has 0 atom stereocenters. The minimum atomic E-state index is -0.710. The fourth-order valence-corrected chi connectivity index (χ4v) is 0.857. The van der Waals surface area contributed by atoms with E-state index < -0.39 is 17.4 Å². The highest BCUT2D eigenvalue weighted by Gasteiger charge is 2.22. The third kappa shape index (κ3) is 6.63. The average Bonchev–Trinajstić information content (AvgIpc) is 1.96. The van der Waals surface area contributed by atoms with Crippen LogP contribution in [0.3, 0.4) is 0 Å². The maximum absolute atomic E-state index is 11.3. The molecule has 0 saturated carbocycles. The summed E-state index contributed by atoms with van der Waals surface area (Å²) in [7, 11) is 0. The standard InChI is InChI=1S/C11H20O3/c1-8(2)6-7-9(12)10(13)14-11(3,4)5/h8H,6-7H2,1-5H3. The first kappa shape index (κ1) is 13.1. The van der Waals surface area contributed by atoms with Crippen LogP contribution in [0.5, 0.6) is 0 Å². The first-order valence-corrected chi connectivity index (χ1v) is 4.98. The molecule has 0 heterocycles. The summed E-state index contributed by atoms with van der Waals surface area (Å²) in [5, 5.41) is 0. The van der Waals surface area contributed by atoms with Crippen LogP contribution in [0.25, 0.3) is 0 Å². The number of ether oxygens (including phenoxy) is 1. The third-order valence-electron chi connectivity index (χ3n) is 1.58. The van der Waals surface area contributed by atoms with Crippen molar-refractivity contribution in [2.24, 2.45) is 5.92 Å². The average molecular weight is 200 g/mol. The topological polar surface area (TPSA) is 43.4 Å². The van der Waals surface area contributed by atoms with Crippen molar-refractivity contribution < 1.29 is 14.3 Å². The predicted molar refractivity (Wildman–Crippen MR) is 54.9 cm³/mol. The second-order valence-electron chi connectivity index (χ2n) is 4.86. The van der Waals surface area contributed by atoms with Gasteiger partial charge in [-0.05, 0) is 33.1 Å². The molecular formula is C11H20O3. The van der Waals surface area contributed by atoms with Gasteiger partial charge in [0.05, 0.1) is 0 Å². The summed E-state index contributed by atoms with van der Waals surface area (Å²) in [6.07, 6.45) is 1.02. The molecule has 0 amide bonds. The molecular weight excluding hydrogens is 180 g/mol. The van der Waals surface area contributed by atoms with Crippen LogP contribution in [0.2, 0.25) is 0 Å². The van der Waals surface area contributed by atoms with Crippen LogP contribution in [0.1, 0.15) is 47.5 Å². The number of Topliss-reactive ketones (excluding diaryl/α,β-unsaturated/α-hetero) is 1. The molecule has 0 unspecified atom stereocenters. The second-order valence-corrected chi connectivity index (χ2v) is 4.86. The van der Waals surface area contributed by atoms with E-state index in [1.165, 1.54) is 0 Å². The van der Waals surface area contributed by atoms with Crippen LogP contribution >= 0.6 is 0 Å². The Morgan fingerprint density at radius 3 is 2.07 bits per heavy atom. The van der Waals surface area contributed by atoms with Crippen molar-refractivity contribution in [2.45, 2.75) is 53.1 Å². The largest absolute Gasteiger partial charge is 0.454 e. The van der Waals surface area contributed by atoms with Gasteiger partial charge in [-0.25, -0.2) is 4.79 Å². The van der Waals surface area contributed by atoms with Gasteiger partial charge in [0.15, 0.2) is 0 Å².